The van der Waals surface area contributed by atoms with E-state index in [1.807, 2.05) is 90.1 Å². The summed E-state index contributed by atoms with van der Waals surface area (Å²) >= 11 is 0. The van der Waals surface area contributed by atoms with E-state index in [0.717, 1.165) is 55.0 Å². The number of aromatic nitrogens is 8. The molecule has 8 aliphatic rings. The van der Waals surface area contributed by atoms with Gasteiger partial charge < -0.3 is 69.6 Å². The fourth-order valence-corrected chi connectivity index (χ4v) is 18.6. The molecule has 4 aliphatic carbocycles. The zero-order valence-corrected chi connectivity index (χ0v) is 74.2. The van der Waals surface area contributed by atoms with Crippen molar-refractivity contribution in [1.29, 1.82) is 0 Å². The van der Waals surface area contributed by atoms with Crippen molar-refractivity contribution in [3.8, 4) is 34.8 Å². The van der Waals surface area contributed by atoms with Gasteiger partial charge in [-0.15, -0.1) is 10.2 Å². The number of ketones is 2. The average Bonchev–Trinajstić information content (AvgIpc) is 1.57. The summed E-state index contributed by atoms with van der Waals surface area (Å²) < 4.78 is 91.8. The van der Waals surface area contributed by atoms with Crippen LogP contribution in [0.1, 0.15) is 205 Å². The third kappa shape index (κ3) is 21.0. The maximum Gasteiger partial charge on any atom is 2.00 e. The summed E-state index contributed by atoms with van der Waals surface area (Å²) in [5.74, 6) is -1.95. The van der Waals surface area contributed by atoms with Crippen molar-refractivity contribution in [2.45, 2.75) is 242 Å². The third-order valence-electron chi connectivity index (χ3n) is 23.8. The van der Waals surface area contributed by atoms with Crippen LogP contribution in [0.5, 0.6) is 34.8 Å². The van der Waals surface area contributed by atoms with Crippen molar-refractivity contribution < 1.29 is 110 Å². The molecule has 0 spiro atoms. The maximum atomic E-state index is 14.7. The summed E-state index contributed by atoms with van der Waals surface area (Å²) in [6, 6.07) is 7.39. The molecule has 33 nitrogen and oxygen atoms in total. The fraction of sp³-hybridized carbons (Fsp3) is 0.585. The Bertz CT molecular complexity index is 5150. The van der Waals surface area contributed by atoms with Crippen LogP contribution in [0.3, 0.4) is 0 Å². The number of quaternary nitrogens is 1. The predicted octanol–water partition coefficient (Wildman–Crippen LogP) is 4.24. The molecular formula is C82H111CaClN14O19S2. The molecule has 37 heteroatoms. The number of fused-ring (bicyclic) bond motifs is 6. The number of nitrogens with one attached hydrogen (secondary N) is 3. The number of carbonyl (C=O) groups is 8. The summed E-state index contributed by atoms with van der Waals surface area (Å²) in [7, 11) is -1.54. The number of ether oxygens (including phenoxy) is 6. The Morgan fingerprint density at radius 3 is 1.41 bits per heavy atom. The number of hydrogen-bond acceptors (Lipinski definition) is 24. The van der Waals surface area contributed by atoms with Crippen LogP contribution in [-0.4, -0.2) is 242 Å². The zero-order chi connectivity index (χ0) is 84.4. The number of halogens is 1. The smallest absolute Gasteiger partial charge is 1.00 e. The van der Waals surface area contributed by atoms with Crippen molar-refractivity contribution in [2.24, 2.45) is 36.8 Å². The van der Waals surface area contributed by atoms with Gasteiger partial charge in [-0.3, -0.25) is 43.0 Å². The van der Waals surface area contributed by atoms with Gasteiger partial charge in [0.05, 0.1) is 95.4 Å². The zero-order valence-electron chi connectivity index (χ0n) is 71.6. The number of aryl methyl sites for hydroxylation is 4. The van der Waals surface area contributed by atoms with E-state index < -0.39 is 112 Å². The van der Waals surface area contributed by atoms with Gasteiger partial charge in [0, 0.05) is 80.2 Å². The molecule has 644 valence electrons. The first kappa shape index (κ1) is 92.7. The van der Waals surface area contributed by atoms with Gasteiger partial charge in [0.15, 0.2) is 29.0 Å². The minimum atomic E-state index is -3.97. The van der Waals surface area contributed by atoms with E-state index in [0.29, 0.717) is 115 Å². The molecule has 5 amide bonds. The normalized spacial score (nSPS) is 25.8. The van der Waals surface area contributed by atoms with Gasteiger partial charge in [-0.2, -0.15) is 19.8 Å². The Labute approximate surface area is 732 Å². The molecule has 0 unspecified atom stereocenters. The number of Topliss-reactive ketones (excluding diaryl/α,β-unsaturated/α-hetero) is 2. The molecule has 6 aromatic rings. The van der Waals surface area contributed by atoms with Gasteiger partial charge in [0.25, 0.3) is 11.8 Å². The van der Waals surface area contributed by atoms with E-state index in [9.17, 15) is 55.2 Å². The molecule has 6 fully saturated rings. The molecular weight excluding hydrogens is 1620 g/mol. The van der Waals surface area contributed by atoms with Crippen LogP contribution in [0.25, 0.3) is 21.8 Å². The van der Waals surface area contributed by atoms with Crippen molar-refractivity contribution in [3.05, 3.63) is 95.6 Å². The number of rotatable bonds is 19. The van der Waals surface area contributed by atoms with Gasteiger partial charge in [0.1, 0.15) is 41.2 Å². The minimum absolute atomic E-state index is 0. The van der Waals surface area contributed by atoms with Crippen molar-refractivity contribution >= 4 is 127 Å². The molecule has 4 saturated carbocycles. The molecule has 7 N–H and O–H groups in total. The van der Waals surface area contributed by atoms with Crippen molar-refractivity contribution in [1.82, 2.24) is 64.5 Å². The summed E-state index contributed by atoms with van der Waals surface area (Å²) in [6.45, 7) is 14.8. The average molecular weight is 1740 g/mol. The number of carboxylic acids is 1. The second-order valence-electron chi connectivity index (χ2n) is 33.4. The van der Waals surface area contributed by atoms with Gasteiger partial charge in [-0.1, -0.05) is 43.6 Å². The molecule has 8 heterocycles. The number of nitrogens with zero attached hydrogens (tertiary/aromatic N) is 10. The summed E-state index contributed by atoms with van der Waals surface area (Å²) in [4.78, 5) is 124. The summed E-state index contributed by atoms with van der Waals surface area (Å²) in [6.07, 6.45) is 18.5. The van der Waals surface area contributed by atoms with Crippen LogP contribution >= 0.6 is 0 Å². The Morgan fingerprint density at radius 2 is 1.03 bits per heavy atom. The third-order valence-corrected chi connectivity index (χ3v) is 28.1. The molecule has 10 atom stereocenters. The molecule has 14 rings (SSSR count). The van der Waals surface area contributed by atoms with Crippen LogP contribution in [-0.2, 0) is 62.9 Å². The van der Waals surface area contributed by atoms with Crippen LogP contribution < -0.4 is 61.3 Å². The summed E-state index contributed by atoms with van der Waals surface area (Å²) in [5, 5.41) is 27.7. The van der Waals surface area contributed by atoms with E-state index >= 15 is 0 Å². The Hall–Kier alpha value is -8.61. The number of benzene rings is 2. The second kappa shape index (κ2) is 37.8. The van der Waals surface area contributed by atoms with Crippen LogP contribution in [0.4, 0.5) is 0 Å². The largest absolute Gasteiger partial charge is 2.00 e. The Morgan fingerprint density at radius 1 is 0.605 bits per heavy atom. The number of amides is 5. The SMILES string of the molecule is COc1ccc2c(O[C@@H]3C[C@H]4C(=O)C[C@]5(C(=O)NS(=O)(=O)C6(C)CC6)C[C@H]5/C=C\CCCCC[C@H](NC(=O)c5cnn(C)n5)C(=O)N4C3)cc(OC(C)C)nc2c1C.COc1ccc2c(O[C@@H]3C[C@H]4C(=O)C[C@]5(C(=O)NS(=O)(=O)C6(C)CC6)C[C@H]5/C=C\CCCCC[C@H]([NH3+])C(=O)N4C3)cc(OC(C)C)nc2c1C.Cn1ncc(C(=O)O)n1.[Ca+2].[Cl-].[H-].[H-]. The Kier molecular flexibility index (Phi) is 29.4. The van der Waals surface area contributed by atoms with E-state index in [-0.39, 0.29) is 139 Å². The molecule has 2 saturated heterocycles. The topological polar surface area (TPSA) is 438 Å². The monoisotopic (exact) mass is 1730 g/mol. The number of aromatic carboxylic acids is 1. The van der Waals surface area contributed by atoms with Crippen molar-refractivity contribution in [3.63, 3.8) is 0 Å². The number of carbonyl (C=O) groups excluding carboxylic acids is 7. The first-order valence-electron chi connectivity index (χ1n) is 40.3. The van der Waals surface area contributed by atoms with Gasteiger partial charge in [0.2, 0.25) is 49.5 Å². The molecule has 4 aromatic heterocycles. The van der Waals surface area contributed by atoms with Crippen molar-refractivity contribution in [2.75, 3.05) is 27.3 Å². The number of sulfonamides is 2. The van der Waals surface area contributed by atoms with Gasteiger partial charge in [-0.25, -0.2) is 31.6 Å². The minimum Gasteiger partial charge on any atom is -1.00 e. The molecule has 0 radical (unpaired) electrons. The van der Waals surface area contributed by atoms with Gasteiger partial charge >= 0.3 is 43.7 Å². The number of carboxylic acid groups (broad SMARTS) is 1. The van der Waals surface area contributed by atoms with Crippen LogP contribution in [0.15, 0.2) is 73.1 Å². The Balaban J connectivity index is 0.000000266. The van der Waals surface area contributed by atoms with Crippen LogP contribution in [0.2, 0.25) is 0 Å². The second-order valence-corrected chi connectivity index (χ2v) is 37.8. The maximum absolute atomic E-state index is 14.7. The molecule has 0 bridgehead atoms. The first-order valence-corrected chi connectivity index (χ1v) is 43.2. The van der Waals surface area contributed by atoms with E-state index in [1.54, 1.807) is 59.2 Å². The number of allylic oxidation sites excluding steroid dienone is 4. The van der Waals surface area contributed by atoms with Crippen LogP contribution in [0, 0.1) is 36.5 Å². The van der Waals surface area contributed by atoms with E-state index in [2.05, 4.69) is 40.9 Å². The fourth-order valence-electron chi connectivity index (χ4n) is 16.0. The first-order chi connectivity index (χ1) is 55.4. The standard InChI is InChI=1S/C41H53N7O9S.C37H50N4O8S.C4H5N3O2.Ca.ClH.2H/c1-24(2)56-35-19-34(28-14-15-33(55-6)25(3)36(28)44-35)57-27-18-31-32(49)21-41(39(52)46-58(53,54)40(4)16-17-40)20-26(41)12-10-8-7-9-11-13-29(38(51)48(31)23-27)43-37(50)30-22-42-47(5)45-30;1-22(2)48-32-18-31(26-13-14-30(47-5)23(3)33(26)39-32)49-25-17-28-29(42)20-37(35(44)40-50(45,46)36(4)15-16-36)19-24(37)11-9-7-6-8-10-12-27(38)34(43)41(28)21-25;1-7-5-2-3(6-7)4(8)9;;;;/h10,12,14-15,19,22,24,26-27,29,31H,7-9,11,13,16-18,20-21,23H2,1-6H3,(H,43,50)(H,46,52);9,11,13-14,18,22,24-25,27-28H,6-8,10,12,15-17,19-21,38H2,1-5H3,(H,40,44);2H,1H3,(H,8,9);;1H;;/q;;;+2;;2*-1/b12-10-;11-9-;;;;;/t26-,27-,29+,31+,41-;24-,25-,27+,28+,37-;;;;;/m11...../s1. The number of pyridine rings is 2. The molecule has 4 aliphatic heterocycles. The number of methoxy groups -OCH3 is 2. The van der Waals surface area contributed by atoms with Gasteiger partial charge in [-0.05, 0) is 169 Å². The molecule has 2 aromatic carbocycles. The molecule has 119 heavy (non-hydrogen) atoms. The quantitative estimate of drug-likeness (QED) is 0.0559. The van der Waals surface area contributed by atoms with E-state index in [4.69, 9.17) is 43.5 Å². The predicted molar refractivity (Wildman–Crippen MR) is 436 cm³/mol. The van der Waals surface area contributed by atoms with E-state index in [1.165, 1.54) is 26.9 Å². The summed E-state index contributed by atoms with van der Waals surface area (Å²) in [5.41, 5.74) is 4.58. The number of hydrogen-bond donors (Lipinski definition) is 5.